The van der Waals surface area contributed by atoms with Crippen LogP contribution in [0.5, 0.6) is 11.5 Å². The molecule has 170 valence electrons. The van der Waals surface area contributed by atoms with Gasteiger partial charge in [-0.1, -0.05) is 36.4 Å². The van der Waals surface area contributed by atoms with Crippen molar-refractivity contribution in [3.8, 4) is 11.5 Å². The number of aliphatic imine (C=N–C) groups is 1. The van der Waals surface area contributed by atoms with E-state index in [0.29, 0.717) is 32.3 Å². The molecule has 0 saturated carbocycles. The highest BCUT2D eigenvalue weighted by molar-refractivity contribution is 14.0. The van der Waals surface area contributed by atoms with E-state index < -0.39 is 0 Å². The van der Waals surface area contributed by atoms with Crippen molar-refractivity contribution in [2.45, 2.75) is 26.8 Å². The Kier molecular flexibility index (Phi) is 13.1. The van der Waals surface area contributed by atoms with Gasteiger partial charge in [-0.25, -0.2) is 0 Å². The number of rotatable bonds is 11. The number of nitrogens with zero attached hydrogens (tertiary/aromatic N) is 1. The monoisotopic (exact) mass is 540 g/mol. The zero-order valence-electron chi connectivity index (χ0n) is 18.4. The molecule has 0 saturated heterocycles. The van der Waals surface area contributed by atoms with E-state index in [1.165, 1.54) is 0 Å². The maximum Gasteiger partial charge on any atom is 0.239 e. The van der Waals surface area contributed by atoms with Gasteiger partial charge in [0.15, 0.2) is 17.5 Å². The molecule has 0 aromatic heterocycles. The van der Waals surface area contributed by atoms with Crippen LogP contribution >= 0.6 is 24.0 Å². The molecular formula is C23H33IN4O3. The Morgan fingerprint density at radius 2 is 1.61 bits per heavy atom. The molecule has 0 fully saturated rings. The molecule has 2 aromatic carbocycles. The van der Waals surface area contributed by atoms with E-state index in [1.54, 1.807) is 7.05 Å². The Labute approximate surface area is 202 Å². The Hall–Kier alpha value is -2.49. The van der Waals surface area contributed by atoms with E-state index in [9.17, 15) is 4.79 Å². The van der Waals surface area contributed by atoms with Gasteiger partial charge >= 0.3 is 0 Å². The fourth-order valence-electron chi connectivity index (χ4n) is 2.82. The fraction of sp³-hybridized carbons (Fsp3) is 0.391. The summed E-state index contributed by atoms with van der Waals surface area (Å²) in [5, 5.41) is 9.14. The molecule has 0 radical (unpaired) electrons. The Balaban J connectivity index is 0.00000480. The standard InChI is InChI=1S/C23H32N4O3.HI/c1-4-29-20-12-11-18(15-21(20)30-5-2)13-14-25-23(24-3)27-17-22(28)26-16-19-9-7-6-8-10-19;/h6-12,15H,4-5,13-14,16-17H2,1-3H3,(H,26,28)(H2,24,25,27);1H. The summed E-state index contributed by atoms with van der Waals surface area (Å²) in [6.45, 7) is 6.43. The van der Waals surface area contributed by atoms with Crippen molar-refractivity contribution in [2.75, 3.05) is 33.4 Å². The molecule has 0 unspecified atom stereocenters. The van der Waals surface area contributed by atoms with E-state index >= 15 is 0 Å². The highest BCUT2D eigenvalue weighted by Gasteiger charge is 2.07. The van der Waals surface area contributed by atoms with Crippen LogP contribution in [0.15, 0.2) is 53.5 Å². The van der Waals surface area contributed by atoms with Crippen molar-refractivity contribution < 1.29 is 14.3 Å². The van der Waals surface area contributed by atoms with Crippen LogP contribution in [0, 0.1) is 0 Å². The fourth-order valence-corrected chi connectivity index (χ4v) is 2.82. The summed E-state index contributed by atoms with van der Waals surface area (Å²) in [4.78, 5) is 16.2. The van der Waals surface area contributed by atoms with E-state index in [4.69, 9.17) is 9.47 Å². The van der Waals surface area contributed by atoms with Gasteiger partial charge in [0.05, 0.1) is 19.8 Å². The number of benzene rings is 2. The topological polar surface area (TPSA) is 84.0 Å². The first-order chi connectivity index (χ1) is 14.7. The van der Waals surface area contributed by atoms with E-state index in [-0.39, 0.29) is 36.4 Å². The number of carbonyl (C=O) groups excluding carboxylic acids is 1. The number of hydrogen-bond acceptors (Lipinski definition) is 4. The third kappa shape index (κ3) is 9.91. The van der Waals surface area contributed by atoms with Crippen molar-refractivity contribution >= 4 is 35.8 Å². The number of amides is 1. The average molecular weight is 540 g/mol. The second-order valence-corrected chi connectivity index (χ2v) is 6.51. The molecule has 7 nitrogen and oxygen atoms in total. The number of nitrogens with one attached hydrogen (secondary N) is 3. The van der Waals surface area contributed by atoms with Crippen molar-refractivity contribution in [3.05, 3.63) is 59.7 Å². The summed E-state index contributed by atoms with van der Waals surface area (Å²) in [7, 11) is 1.68. The van der Waals surface area contributed by atoms with Crippen molar-refractivity contribution in [3.63, 3.8) is 0 Å². The van der Waals surface area contributed by atoms with Crippen LogP contribution in [0.4, 0.5) is 0 Å². The second kappa shape index (κ2) is 15.3. The summed E-state index contributed by atoms with van der Waals surface area (Å²) in [5.74, 6) is 2.01. The minimum atomic E-state index is -0.0883. The minimum Gasteiger partial charge on any atom is -0.490 e. The van der Waals surface area contributed by atoms with Gasteiger partial charge in [0.25, 0.3) is 0 Å². The van der Waals surface area contributed by atoms with Gasteiger partial charge in [0.2, 0.25) is 5.91 Å². The van der Waals surface area contributed by atoms with E-state index in [1.807, 2.05) is 62.4 Å². The lowest BCUT2D eigenvalue weighted by atomic mass is 10.1. The van der Waals surface area contributed by atoms with Gasteiger partial charge < -0.3 is 25.4 Å². The molecule has 8 heteroatoms. The summed E-state index contributed by atoms with van der Waals surface area (Å²) in [5.41, 5.74) is 2.19. The number of halogens is 1. The van der Waals surface area contributed by atoms with Crippen molar-refractivity contribution in [1.82, 2.24) is 16.0 Å². The van der Waals surface area contributed by atoms with Gasteiger partial charge in [-0.05, 0) is 43.5 Å². The smallest absolute Gasteiger partial charge is 0.239 e. The quantitative estimate of drug-likeness (QED) is 0.232. The third-order valence-corrected chi connectivity index (χ3v) is 4.29. The van der Waals surface area contributed by atoms with Gasteiger partial charge in [-0.2, -0.15) is 0 Å². The van der Waals surface area contributed by atoms with E-state index in [0.717, 1.165) is 29.0 Å². The zero-order valence-corrected chi connectivity index (χ0v) is 20.8. The van der Waals surface area contributed by atoms with Gasteiger partial charge in [0.1, 0.15) is 0 Å². The number of ether oxygens (including phenoxy) is 2. The van der Waals surface area contributed by atoms with Crippen molar-refractivity contribution in [1.29, 1.82) is 0 Å². The second-order valence-electron chi connectivity index (χ2n) is 6.51. The molecule has 3 N–H and O–H groups in total. The summed E-state index contributed by atoms with van der Waals surface area (Å²) in [6.07, 6.45) is 0.785. The van der Waals surface area contributed by atoms with E-state index in [2.05, 4.69) is 20.9 Å². The lowest BCUT2D eigenvalue weighted by Gasteiger charge is -2.14. The van der Waals surface area contributed by atoms with Crippen LogP contribution in [-0.4, -0.2) is 45.2 Å². The molecule has 0 aliphatic rings. The number of carbonyl (C=O) groups is 1. The highest BCUT2D eigenvalue weighted by atomic mass is 127. The molecule has 0 aliphatic heterocycles. The molecular weight excluding hydrogens is 507 g/mol. The average Bonchev–Trinajstić information content (AvgIpc) is 2.77. The molecule has 2 aromatic rings. The summed E-state index contributed by atoms with van der Waals surface area (Å²) < 4.78 is 11.3. The predicted octanol–water partition coefficient (Wildman–Crippen LogP) is 3.13. The zero-order chi connectivity index (χ0) is 21.6. The first-order valence-corrected chi connectivity index (χ1v) is 10.3. The maximum atomic E-state index is 12.0. The molecule has 0 heterocycles. The van der Waals surface area contributed by atoms with Gasteiger partial charge in [-0.15, -0.1) is 24.0 Å². The van der Waals surface area contributed by atoms with Crippen LogP contribution < -0.4 is 25.4 Å². The molecule has 0 aliphatic carbocycles. The SMILES string of the molecule is CCOc1ccc(CCNC(=NC)NCC(=O)NCc2ccccc2)cc1OCC.I. The Morgan fingerprint density at radius 1 is 0.903 bits per heavy atom. The van der Waals surface area contributed by atoms with Crippen LogP contribution in [0.3, 0.4) is 0 Å². The van der Waals surface area contributed by atoms with Crippen LogP contribution in [0.1, 0.15) is 25.0 Å². The van der Waals surface area contributed by atoms with Crippen molar-refractivity contribution in [2.24, 2.45) is 4.99 Å². The number of guanidine groups is 1. The highest BCUT2D eigenvalue weighted by Crippen LogP contribution is 2.28. The lowest BCUT2D eigenvalue weighted by molar-refractivity contribution is -0.120. The maximum absolute atomic E-state index is 12.0. The predicted molar refractivity (Wildman–Crippen MR) is 136 cm³/mol. The first kappa shape index (κ1) is 26.5. The Morgan fingerprint density at radius 3 is 2.29 bits per heavy atom. The normalized spacial score (nSPS) is 10.6. The van der Waals surface area contributed by atoms with Crippen LogP contribution in [0.25, 0.3) is 0 Å². The molecule has 0 spiro atoms. The van der Waals surface area contributed by atoms with Crippen LogP contribution in [0.2, 0.25) is 0 Å². The molecule has 31 heavy (non-hydrogen) atoms. The summed E-state index contributed by atoms with van der Waals surface area (Å²) >= 11 is 0. The third-order valence-electron chi connectivity index (χ3n) is 4.29. The summed E-state index contributed by atoms with van der Waals surface area (Å²) in [6, 6.07) is 15.8. The molecule has 0 atom stereocenters. The van der Waals surface area contributed by atoms with Gasteiger partial charge in [-0.3, -0.25) is 9.79 Å². The Bertz CT molecular complexity index is 816. The number of hydrogen-bond donors (Lipinski definition) is 3. The van der Waals surface area contributed by atoms with Gasteiger partial charge in [0, 0.05) is 20.1 Å². The largest absolute Gasteiger partial charge is 0.490 e. The molecule has 2 rings (SSSR count). The molecule has 1 amide bonds. The minimum absolute atomic E-state index is 0. The first-order valence-electron chi connectivity index (χ1n) is 10.3. The van der Waals surface area contributed by atoms with Crippen LogP contribution in [-0.2, 0) is 17.8 Å². The molecule has 0 bridgehead atoms. The lowest BCUT2D eigenvalue weighted by Crippen LogP contribution is -2.43.